The van der Waals surface area contributed by atoms with Gasteiger partial charge in [0.25, 0.3) is 0 Å². The molecule has 96 valence electrons. The summed E-state index contributed by atoms with van der Waals surface area (Å²) < 4.78 is 10.8. The predicted octanol–water partition coefficient (Wildman–Crippen LogP) is 2.14. The average molecular weight is 238 g/mol. The van der Waals surface area contributed by atoms with Crippen molar-refractivity contribution in [3.8, 4) is 5.75 Å². The Kier molecular flexibility index (Phi) is 5.63. The molecular formula is C13H22N2O2. The lowest BCUT2D eigenvalue weighted by molar-refractivity contribution is 0.154. The summed E-state index contributed by atoms with van der Waals surface area (Å²) >= 11 is 0. The largest absolute Gasteiger partial charge is 0.492 e. The van der Waals surface area contributed by atoms with Crippen molar-refractivity contribution in [2.24, 2.45) is 0 Å². The van der Waals surface area contributed by atoms with Gasteiger partial charge in [-0.25, -0.2) is 0 Å². The van der Waals surface area contributed by atoms with E-state index < -0.39 is 0 Å². The number of hydrogen-bond donors (Lipinski definition) is 1. The molecular weight excluding hydrogens is 216 g/mol. The van der Waals surface area contributed by atoms with Gasteiger partial charge in [-0.05, 0) is 26.0 Å². The minimum atomic E-state index is 0.621. The van der Waals surface area contributed by atoms with E-state index in [4.69, 9.17) is 15.2 Å². The molecule has 0 amide bonds. The minimum Gasteiger partial charge on any atom is -0.492 e. The van der Waals surface area contributed by atoms with Crippen LogP contribution in [0.1, 0.15) is 13.8 Å². The Morgan fingerprint density at radius 3 is 2.65 bits per heavy atom. The van der Waals surface area contributed by atoms with E-state index in [1.54, 1.807) is 0 Å². The second kappa shape index (κ2) is 7.01. The summed E-state index contributed by atoms with van der Waals surface area (Å²) in [6.45, 7) is 6.81. The van der Waals surface area contributed by atoms with Crippen LogP contribution in [0.4, 0.5) is 11.4 Å². The molecule has 0 aromatic heterocycles. The van der Waals surface area contributed by atoms with Gasteiger partial charge < -0.3 is 20.1 Å². The molecule has 0 aliphatic rings. The lowest BCUT2D eigenvalue weighted by atomic mass is 10.2. The topological polar surface area (TPSA) is 47.7 Å². The summed E-state index contributed by atoms with van der Waals surface area (Å²) in [7, 11) is 2.00. The fourth-order valence-corrected chi connectivity index (χ4v) is 1.61. The summed E-state index contributed by atoms with van der Waals surface area (Å²) in [6, 6.07) is 5.83. The van der Waals surface area contributed by atoms with Crippen LogP contribution in [0.15, 0.2) is 18.2 Å². The van der Waals surface area contributed by atoms with Crippen LogP contribution < -0.4 is 15.4 Å². The van der Waals surface area contributed by atoms with E-state index in [1.807, 2.05) is 39.1 Å². The standard InChI is InChI=1S/C13H22N2O2/c1-4-16-10-9-15(3)11-7-6-8-12(13(11)14)17-5-2/h6-8H,4-5,9-10,14H2,1-3H3. The van der Waals surface area contributed by atoms with Gasteiger partial charge in [0, 0.05) is 20.2 Å². The first-order valence-corrected chi connectivity index (χ1v) is 6.00. The highest BCUT2D eigenvalue weighted by molar-refractivity contribution is 5.73. The average Bonchev–Trinajstić information content (AvgIpc) is 2.32. The number of nitrogen functional groups attached to an aromatic ring is 1. The van der Waals surface area contributed by atoms with Crippen molar-refractivity contribution in [2.75, 3.05) is 44.0 Å². The molecule has 17 heavy (non-hydrogen) atoms. The molecule has 1 rings (SSSR count). The quantitative estimate of drug-likeness (QED) is 0.584. The van der Waals surface area contributed by atoms with Crippen molar-refractivity contribution >= 4 is 11.4 Å². The van der Waals surface area contributed by atoms with Crippen molar-refractivity contribution < 1.29 is 9.47 Å². The van der Waals surface area contributed by atoms with Crippen LogP contribution in [-0.4, -0.2) is 33.4 Å². The normalized spacial score (nSPS) is 10.3. The molecule has 0 spiro atoms. The summed E-state index contributed by atoms with van der Waals surface area (Å²) in [6.07, 6.45) is 0. The van der Waals surface area contributed by atoms with Crippen LogP contribution in [0.25, 0.3) is 0 Å². The minimum absolute atomic E-state index is 0.621. The third-order valence-corrected chi connectivity index (χ3v) is 2.53. The Balaban J connectivity index is 2.72. The molecule has 0 saturated heterocycles. The first-order chi connectivity index (χ1) is 8.20. The van der Waals surface area contributed by atoms with E-state index in [0.29, 0.717) is 18.9 Å². The zero-order chi connectivity index (χ0) is 12.7. The molecule has 0 saturated carbocycles. The van der Waals surface area contributed by atoms with Gasteiger partial charge in [-0.1, -0.05) is 6.07 Å². The zero-order valence-corrected chi connectivity index (χ0v) is 10.9. The number of nitrogens with two attached hydrogens (primary N) is 1. The highest BCUT2D eigenvalue weighted by Gasteiger charge is 2.09. The molecule has 0 bridgehead atoms. The summed E-state index contributed by atoms with van der Waals surface area (Å²) in [5.41, 5.74) is 7.74. The second-order valence-electron chi connectivity index (χ2n) is 3.74. The summed E-state index contributed by atoms with van der Waals surface area (Å²) in [4.78, 5) is 2.08. The fourth-order valence-electron chi connectivity index (χ4n) is 1.61. The van der Waals surface area contributed by atoms with Crippen LogP contribution in [-0.2, 0) is 4.74 Å². The molecule has 2 N–H and O–H groups in total. The van der Waals surface area contributed by atoms with E-state index in [0.717, 1.165) is 24.6 Å². The van der Waals surface area contributed by atoms with Gasteiger partial charge in [0.05, 0.1) is 24.6 Å². The Bertz CT molecular complexity index is 342. The molecule has 1 aromatic rings. The summed E-state index contributed by atoms with van der Waals surface area (Å²) in [5.74, 6) is 0.744. The van der Waals surface area contributed by atoms with Crippen LogP contribution in [0, 0.1) is 0 Å². The zero-order valence-electron chi connectivity index (χ0n) is 10.9. The van der Waals surface area contributed by atoms with Gasteiger partial charge in [-0.15, -0.1) is 0 Å². The van der Waals surface area contributed by atoms with Crippen LogP contribution in [0.5, 0.6) is 5.75 Å². The van der Waals surface area contributed by atoms with Gasteiger partial charge >= 0.3 is 0 Å². The van der Waals surface area contributed by atoms with Crippen LogP contribution >= 0.6 is 0 Å². The van der Waals surface area contributed by atoms with E-state index in [1.165, 1.54) is 0 Å². The Labute approximate surface area is 103 Å². The lowest BCUT2D eigenvalue weighted by Gasteiger charge is -2.22. The monoisotopic (exact) mass is 238 g/mol. The number of likely N-dealkylation sites (N-methyl/N-ethyl adjacent to an activating group) is 1. The van der Waals surface area contributed by atoms with E-state index in [9.17, 15) is 0 Å². The van der Waals surface area contributed by atoms with Gasteiger partial charge in [-0.2, -0.15) is 0 Å². The highest BCUT2D eigenvalue weighted by atomic mass is 16.5. The van der Waals surface area contributed by atoms with Crippen LogP contribution in [0.2, 0.25) is 0 Å². The first-order valence-electron chi connectivity index (χ1n) is 6.00. The molecule has 4 heteroatoms. The van der Waals surface area contributed by atoms with E-state index in [-0.39, 0.29) is 0 Å². The SMILES string of the molecule is CCOCCN(C)c1cccc(OCC)c1N. The molecule has 4 nitrogen and oxygen atoms in total. The first kappa shape index (κ1) is 13.6. The molecule has 0 aliphatic carbocycles. The summed E-state index contributed by atoms with van der Waals surface area (Å²) in [5, 5.41) is 0. The predicted molar refractivity (Wildman–Crippen MR) is 71.8 cm³/mol. The lowest BCUT2D eigenvalue weighted by Crippen LogP contribution is -2.23. The smallest absolute Gasteiger partial charge is 0.144 e. The number of hydrogen-bond acceptors (Lipinski definition) is 4. The van der Waals surface area contributed by atoms with Crippen molar-refractivity contribution in [3.05, 3.63) is 18.2 Å². The van der Waals surface area contributed by atoms with E-state index in [2.05, 4.69) is 4.90 Å². The van der Waals surface area contributed by atoms with Crippen molar-refractivity contribution in [2.45, 2.75) is 13.8 Å². The van der Waals surface area contributed by atoms with Gasteiger partial charge in [-0.3, -0.25) is 0 Å². The molecule has 0 fully saturated rings. The van der Waals surface area contributed by atoms with E-state index >= 15 is 0 Å². The third kappa shape index (κ3) is 3.82. The van der Waals surface area contributed by atoms with Crippen molar-refractivity contribution in [3.63, 3.8) is 0 Å². The van der Waals surface area contributed by atoms with Crippen LogP contribution in [0.3, 0.4) is 0 Å². The van der Waals surface area contributed by atoms with Gasteiger partial charge in [0.2, 0.25) is 0 Å². The number of anilines is 2. The number of rotatable bonds is 7. The fraction of sp³-hybridized carbons (Fsp3) is 0.538. The van der Waals surface area contributed by atoms with Gasteiger partial charge in [0.1, 0.15) is 5.75 Å². The molecule has 0 aliphatic heterocycles. The second-order valence-corrected chi connectivity index (χ2v) is 3.74. The molecule has 0 radical (unpaired) electrons. The molecule has 0 unspecified atom stereocenters. The third-order valence-electron chi connectivity index (χ3n) is 2.53. The Hall–Kier alpha value is -1.42. The number of para-hydroxylation sites is 1. The van der Waals surface area contributed by atoms with Crippen molar-refractivity contribution in [1.82, 2.24) is 0 Å². The molecule has 0 atom stereocenters. The molecule has 1 aromatic carbocycles. The maximum Gasteiger partial charge on any atom is 0.144 e. The Morgan fingerprint density at radius 1 is 1.24 bits per heavy atom. The Morgan fingerprint density at radius 2 is 2.00 bits per heavy atom. The number of benzene rings is 1. The number of ether oxygens (including phenoxy) is 2. The van der Waals surface area contributed by atoms with Gasteiger partial charge in [0.15, 0.2) is 0 Å². The maximum absolute atomic E-state index is 6.07. The highest BCUT2D eigenvalue weighted by Crippen LogP contribution is 2.31. The maximum atomic E-state index is 6.07. The molecule has 0 heterocycles. The number of nitrogens with zero attached hydrogens (tertiary/aromatic N) is 1. The van der Waals surface area contributed by atoms with Crippen molar-refractivity contribution in [1.29, 1.82) is 0 Å².